The number of hydrogen-bond acceptors (Lipinski definition) is 6. The SMILES string of the molecule is Cc1nc(C2CCCN2Cc2ccc3c(c2)OCCO3)no1. The van der Waals surface area contributed by atoms with Crippen LogP contribution in [0.2, 0.25) is 0 Å². The maximum Gasteiger partial charge on any atom is 0.223 e. The molecular weight excluding hydrogens is 282 g/mol. The number of aromatic nitrogens is 2. The van der Waals surface area contributed by atoms with E-state index in [0.29, 0.717) is 19.1 Å². The summed E-state index contributed by atoms with van der Waals surface area (Å²) in [6, 6.07) is 6.41. The monoisotopic (exact) mass is 301 g/mol. The maximum atomic E-state index is 5.66. The van der Waals surface area contributed by atoms with Crippen molar-refractivity contribution >= 4 is 0 Å². The molecule has 1 aromatic carbocycles. The number of rotatable bonds is 3. The highest BCUT2D eigenvalue weighted by atomic mass is 16.6. The standard InChI is InChI=1S/C16H19N3O3/c1-11-17-16(18-22-11)13-3-2-6-19(13)10-12-4-5-14-15(9-12)21-8-7-20-14/h4-5,9,13H,2-3,6-8,10H2,1H3. The lowest BCUT2D eigenvalue weighted by molar-refractivity contribution is 0.170. The molecule has 3 heterocycles. The third kappa shape index (κ3) is 2.54. The Labute approximate surface area is 129 Å². The molecule has 4 rings (SSSR count). The summed E-state index contributed by atoms with van der Waals surface area (Å²) in [6.07, 6.45) is 2.23. The fraction of sp³-hybridized carbons (Fsp3) is 0.500. The highest BCUT2D eigenvalue weighted by Crippen LogP contribution is 2.34. The normalized spacial score (nSPS) is 21.2. The van der Waals surface area contributed by atoms with Crippen LogP contribution in [0.25, 0.3) is 0 Å². The molecule has 2 aromatic rings. The average Bonchev–Trinajstić information content (AvgIpc) is 3.16. The van der Waals surface area contributed by atoms with Crippen LogP contribution < -0.4 is 9.47 Å². The molecule has 6 heteroatoms. The molecule has 1 unspecified atom stereocenters. The van der Waals surface area contributed by atoms with Gasteiger partial charge in [-0.05, 0) is 37.1 Å². The molecule has 0 N–H and O–H groups in total. The van der Waals surface area contributed by atoms with Crippen molar-refractivity contribution in [2.24, 2.45) is 0 Å². The topological polar surface area (TPSA) is 60.6 Å². The smallest absolute Gasteiger partial charge is 0.223 e. The third-order valence-corrected chi connectivity index (χ3v) is 4.20. The molecule has 2 aliphatic heterocycles. The Balaban J connectivity index is 1.52. The van der Waals surface area contributed by atoms with Crippen LogP contribution >= 0.6 is 0 Å². The van der Waals surface area contributed by atoms with E-state index < -0.39 is 0 Å². The molecule has 0 saturated carbocycles. The van der Waals surface area contributed by atoms with Gasteiger partial charge in [0.2, 0.25) is 5.89 Å². The zero-order valence-corrected chi connectivity index (χ0v) is 12.6. The lowest BCUT2D eigenvalue weighted by atomic mass is 10.1. The van der Waals surface area contributed by atoms with Gasteiger partial charge in [0.1, 0.15) is 13.2 Å². The first-order valence-electron chi connectivity index (χ1n) is 7.72. The Morgan fingerprint density at radius 3 is 2.91 bits per heavy atom. The van der Waals surface area contributed by atoms with Crippen molar-refractivity contribution < 1.29 is 14.0 Å². The van der Waals surface area contributed by atoms with Crippen LogP contribution in [0.15, 0.2) is 22.7 Å². The number of benzene rings is 1. The number of likely N-dealkylation sites (tertiary alicyclic amines) is 1. The van der Waals surface area contributed by atoms with Crippen LogP contribution in [0.5, 0.6) is 11.5 Å². The second-order valence-corrected chi connectivity index (χ2v) is 5.78. The number of aryl methyl sites for hydroxylation is 1. The molecule has 1 atom stereocenters. The van der Waals surface area contributed by atoms with Gasteiger partial charge < -0.3 is 14.0 Å². The van der Waals surface area contributed by atoms with Crippen LogP contribution in [0, 0.1) is 6.92 Å². The largest absolute Gasteiger partial charge is 0.486 e. The van der Waals surface area contributed by atoms with E-state index in [9.17, 15) is 0 Å². The van der Waals surface area contributed by atoms with E-state index in [4.69, 9.17) is 14.0 Å². The zero-order valence-electron chi connectivity index (χ0n) is 12.6. The molecular formula is C16H19N3O3. The second kappa shape index (κ2) is 5.61. The predicted octanol–water partition coefficient (Wildman–Crippen LogP) is 2.49. The first-order valence-corrected chi connectivity index (χ1v) is 7.72. The van der Waals surface area contributed by atoms with Gasteiger partial charge in [-0.25, -0.2) is 0 Å². The molecule has 0 amide bonds. The van der Waals surface area contributed by atoms with Gasteiger partial charge in [0.25, 0.3) is 0 Å². The zero-order chi connectivity index (χ0) is 14.9. The minimum atomic E-state index is 0.241. The summed E-state index contributed by atoms with van der Waals surface area (Å²) in [5.74, 6) is 3.10. The van der Waals surface area contributed by atoms with E-state index in [0.717, 1.165) is 43.3 Å². The molecule has 22 heavy (non-hydrogen) atoms. The molecule has 1 aromatic heterocycles. The molecule has 0 spiro atoms. The maximum absolute atomic E-state index is 5.66. The van der Waals surface area contributed by atoms with E-state index in [-0.39, 0.29) is 6.04 Å². The predicted molar refractivity (Wildman–Crippen MR) is 78.9 cm³/mol. The van der Waals surface area contributed by atoms with E-state index in [1.165, 1.54) is 5.56 Å². The summed E-state index contributed by atoms with van der Waals surface area (Å²) < 4.78 is 16.4. The van der Waals surface area contributed by atoms with Crippen molar-refractivity contribution in [3.63, 3.8) is 0 Å². The Hall–Kier alpha value is -2.08. The van der Waals surface area contributed by atoms with Gasteiger partial charge in [-0.15, -0.1) is 0 Å². The molecule has 116 valence electrons. The second-order valence-electron chi connectivity index (χ2n) is 5.78. The van der Waals surface area contributed by atoms with Crippen molar-refractivity contribution in [1.82, 2.24) is 15.0 Å². The van der Waals surface area contributed by atoms with Crippen LogP contribution in [-0.4, -0.2) is 34.8 Å². The van der Waals surface area contributed by atoms with E-state index >= 15 is 0 Å². The fourth-order valence-corrected chi connectivity index (χ4v) is 3.18. The Bertz CT molecular complexity index is 670. The number of nitrogens with zero attached hydrogens (tertiary/aromatic N) is 3. The summed E-state index contributed by atoms with van der Waals surface area (Å²) in [6.45, 7) is 4.97. The average molecular weight is 301 g/mol. The molecule has 1 fully saturated rings. The van der Waals surface area contributed by atoms with Gasteiger partial charge >= 0.3 is 0 Å². The Kier molecular flexibility index (Phi) is 3.46. The minimum absolute atomic E-state index is 0.241. The quantitative estimate of drug-likeness (QED) is 0.868. The molecule has 6 nitrogen and oxygen atoms in total. The highest BCUT2D eigenvalue weighted by molar-refractivity contribution is 5.43. The Morgan fingerprint density at radius 2 is 2.09 bits per heavy atom. The van der Waals surface area contributed by atoms with Crippen LogP contribution in [-0.2, 0) is 6.54 Å². The van der Waals surface area contributed by atoms with Crippen molar-refractivity contribution in [2.75, 3.05) is 19.8 Å². The molecule has 0 radical (unpaired) electrons. The minimum Gasteiger partial charge on any atom is -0.486 e. The summed E-state index contributed by atoms with van der Waals surface area (Å²) in [5.41, 5.74) is 1.22. The molecule has 1 saturated heterocycles. The first kappa shape index (κ1) is 13.6. The summed E-state index contributed by atoms with van der Waals surface area (Å²) in [7, 11) is 0. The van der Waals surface area contributed by atoms with E-state index in [1.54, 1.807) is 0 Å². The van der Waals surface area contributed by atoms with Gasteiger partial charge in [-0.3, -0.25) is 4.90 Å². The van der Waals surface area contributed by atoms with Gasteiger partial charge in [-0.2, -0.15) is 4.98 Å². The third-order valence-electron chi connectivity index (χ3n) is 4.20. The molecule has 0 aliphatic carbocycles. The lowest BCUT2D eigenvalue weighted by Crippen LogP contribution is -2.24. The van der Waals surface area contributed by atoms with Gasteiger partial charge in [-0.1, -0.05) is 11.2 Å². The van der Waals surface area contributed by atoms with Gasteiger partial charge in [0, 0.05) is 13.5 Å². The fourth-order valence-electron chi connectivity index (χ4n) is 3.18. The number of fused-ring (bicyclic) bond motifs is 1. The van der Waals surface area contributed by atoms with Crippen molar-refractivity contribution in [3.8, 4) is 11.5 Å². The molecule has 2 aliphatic rings. The van der Waals surface area contributed by atoms with Gasteiger partial charge in [0.15, 0.2) is 17.3 Å². The van der Waals surface area contributed by atoms with E-state index in [2.05, 4.69) is 27.2 Å². The van der Waals surface area contributed by atoms with Gasteiger partial charge in [0.05, 0.1) is 6.04 Å². The van der Waals surface area contributed by atoms with Crippen molar-refractivity contribution in [1.29, 1.82) is 0 Å². The summed E-state index contributed by atoms with van der Waals surface area (Å²) in [5, 5.41) is 4.09. The van der Waals surface area contributed by atoms with Crippen molar-refractivity contribution in [2.45, 2.75) is 32.4 Å². The van der Waals surface area contributed by atoms with E-state index in [1.807, 2.05) is 13.0 Å². The lowest BCUT2D eigenvalue weighted by Gasteiger charge is -2.23. The van der Waals surface area contributed by atoms with Crippen LogP contribution in [0.4, 0.5) is 0 Å². The highest BCUT2D eigenvalue weighted by Gasteiger charge is 2.29. The van der Waals surface area contributed by atoms with Crippen LogP contribution in [0.3, 0.4) is 0 Å². The number of hydrogen-bond donors (Lipinski definition) is 0. The van der Waals surface area contributed by atoms with Crippen molar-refractivity contribution in [3.05, 3.63) is 35.5 Å². The first-order chi connectivity index (χ1) is 10.8. The summed E-state index contributed by atoms with van der Waals surface area (Å²) >= 11 is 0. The van der Waals surface area contributed by atoms with Crippen LogP contribution in [0.1, 0.15) is 36.2 Å². The summed E-state index contributed by atoms with van der Waals surface area (Å²) in [4.78, 5) is 6.79. The number of ether oxygens (including phenoxy) is 2. The molecule has 0 bridgehead atoms. The Morgan fingerprint density at radius 1 is 1.23 bits per heavy atom.